The predicted molar refractivity (Wildman–Crippen MR) is 49.2 cm³/mol. The minimum Gasteiger partial charge on any atom is -0.115 e. The molecule has 0 saturated heterocycles. The third-order valence-electron chi connectivity index (χ3n) is 0.940. The third-order valence-corrected chi connectivity index (χ3v) is 0.940. The first-order chi connectivity index (χ1) is 4.39. The zero-order chi connectivity index (χ0) is 7.11. The molecule has 0 aromatic heterocycles. The summed E-state index contributed by atoms with van der Waals surface area (Å²) in [5, 5.41) is 0. The van der Waals surface area contributed by atoms with Crippen LogP contribution in [0, 0.1) is 6.92 Å². The lowest BCUT2D eigenvalue weighted by Crippen LogP contribution is -1.62. The van der Waals surface area contributed by atoms with Crippen molar-refractivity contribution < 1.29 is 0 Å². The molecule has 0 aliphatic rings. The summed E-state index contributed by atoms with van der Waals surface area (Å²) in [4.78, 5) is 0. The minimum absolute atomic E-state index is 1.32. The Bertz CT molecular complexity index is 137. The Balaban J connectivity index is 0.000000291. The van der Waals surface area contributed by atoms with Gasteiger partial charge >= 0.3 is 0 Å². The van der Waals surface area contributed by atoms with Crippen LogP contribution >= 0.6 is 23.3 Å². The fourth-order valence-electron chi connectivity index (χ4n) is 0.534. The van der Waals surface area contributed by atoms with Gasteiger partial charge in [0.1, 0.15) is 0 Å². The van der Waals surface area contributed by atoms with Crippen LogP contribution in [0.3, 0.4) is 0 Å². The summed E-state index contributed by atoms with van der Waals surface area (Å²) in [7, 11) is 0. The molecule has 0 saturated carbocycles. The van der Waals surface area contributed by atoms with Gasteiger partial charge in [0.2, 0.25) is 0 Å². The number of aryl methyl sites for hydroxylation is 1. The van der Waals surface area contributed by atoms with Crippen molar-refractivity contribution in [1.29, 1.82) is 0 Å². The summed E-state index contributed by atoms with van der Waals surface area (Å²) in [5.41, 5.74) is 1.32. The number of hydrogen-bond donors (Lipinski definition) is 2. The molecule has 0 aliphatic carbocycles. The van der Waals surface area contributed by atoms with Gasteiger partial charge in [-0.1, -0.05) is 35.9 Å². The van der Waals surface area contributed by atoms with E-state index in [-0.39, 0.29) is 0 Å². The van der Waals surface area contributed by atoms with Gasteiger partial charge in [0.15, 0.2) is 0 Å². The first kappa shape index (κ1) is 8.92. The standard InChI is InChI=1S/C7H8.H2S2/c1-7-5-3-2-4-6-7;1-2/h2-6H,1H3;1-2H. The summed E-state index contributed by atoms with van der Waals surface area (Å²) < 4.78 is 0. The van der Waals surface area contributed by atoms with Gasteiger partial charge in [0.25, 0.3) is 0 Å². The van der Waals surface area contributed by atoms with Crippen molar-refractivity contribution in [2.75, 3.05) is 0 Å². The van der Waals surface area contributed by atoms with Crippen molar-refractivity contribution in [3.8, 4) is 0 Å². The first-order valence-electron chi connectivity index (χ1n) is 2.61. The van der Waals surface area contributed by atoms with Crippen molar-refractivity contribution in [3.63, 3.8) is 0 Å². The van der Waals surface area contributed by atoms with Gasteiger partial charge in [-0.15, -0.1) is 23.3 Å². The number of hydrogen-bond acceptors (Lipinski definition) is 2. The van der Waals surface area contributed by atoms with Crippen molar-refractivity contribution in [2.45, 2.75) is 6.92 Å². The Labute approximate surface area is 66.5 Å². The Morgan fingerprint density at radius 1 is 1.00 bits per heavy atom. The zero-order valence-corrected chi connectivity index (χ0v) is 7.07. The molecule has 0 atom stereocenters. The second-order valence-electron chi connectivity index (χ2n) is 1.65. The van der Waals surface area contributed by atoms with E-state index in [0.717, 1.165) is 0 Å². The molecule has 0 unspecified atom stereocenters. The largest absolute Gasteiger partial charge is 0.115 e. The van der Waals surface area contributed by atoms with Gasteiger partial charge < -0.3 is 0 Å². The molecule has 0 bridgehead atoms. The molecule has 0 aliphatic heterocycles. The van der Waals surface area contributed by atoms with E-state index in [2.05, 4.69) is 42.4 Å². The van der Waals surface area contributed by atoms with E-state index in [0.29, 0.717) is 0 Å². The van der Waals surface area contributed by atoms with Crippen LogP contribution in [0.5, 0.6) is 0 Å². The molecule has 0 N–H and O–H groups in total. The maximum Gasteiger partial charge on any atom is -0.0398 e. The second-order valence-corrected chi connectivity index (χ2v) is 1.65. The Hall–Kier alpha value is -0.0800. The van der Waals surface area contributed by atoms with Gasteiger partial charge in [-0.25, -0.2) is 0 Å². The van der Waals surface area contributed by atoms with Crippen LogP contribution in [-0.4, -0.2) is 0 Å². The normalized spacial score (nSPS) is 7.44. The molecular formula is C7H10S2. The predicted octanol–water partition coefficient (Wildman–Crippen LogP) is 2.76. The maximum atomic E-state index is 3.22. The number of rotatable bonds is 0. The van der Waals surface area contributed by atoms with Crippen molar-refractivity contribution >= 4 is 23.3 Å². The molecule has 2 heteroatoms. The zero-order valence-electron chi connectivity index (χ0n) is 5.28. The molecule has 0 fully saturated rings. The van der Waals surface area contributed by atoms with Crippen LogP contribution in [0.1, 0.15) is 5.56 Å². The summed E-state index contributed by atoms with van der Waals surface area (Å²) in [6.07, 6.45) is 0. The Kier molecular flexibility index (Phi) is 5.99. The average Bonchev–Trinajstić information content (AvgIpc) is 1.94. The molecule has 0 amide bonds. The van der Waals surface area contributed by atoms with Gasteiger partial charge in [0, 0.05) is 0 Å². The topological polar surface area (TPSA) is 0 Å². The highest BCUT2D eigenvalue weighted by atomic mass is 33.1. The lowest BCUT2D eigenvalue weighted by molar-refractivity contribution is 1.48. The van der Waals surface area contributed by atoms with Crippen LogP contribution in [-0.2, 0) is 0 Å². The minimum atomic E-state index is 1.32. The van der Waals surface area contributed by atoms with E-state index in [1.807, 2.05) is 18.2 Å². The summed E-state index contributed by atoms with van der Waals surface area (Å²) in [6, 6.07) is 10.3. The van der Waals surface area contributed by atoms with Crippen LogP contribution in [0.25, 0.3) is 0 Å². The molecule has 0 heterocycles. The van der Waals surface area contributed by atoms with Crippen molar-refractivity contribution in [1.82, 2.24) is 0 Å². The molecule has 1 aromatic carbocycles. The monoisotopic (exact) mass is 158 g/mol. The molecule has 1 rings (SSSR count). The van der Waals surface area contributed by atoms with E-state index >= 15 is 0 Å². The van der Waals surface area contributed by atoms with E-state index in [9.17, 15) is 0 Å². The van der Waals surface area contributed by atoms with Crippen molar-refractivity contribution in [3.05, 3.63) is 35.9 Å². The summed E-state index contributed by atoms with van der Waals surface area (Å²) in [6.45, 7) is 2.08. The lowest BCUT2D eigenvalue weighted by Gasteiger charge is -1.82. The van der Waals surface area contributed by atoms with Gasteiger partial charge in [0.05, 0.1) is 0 Å². The van der Waals surface area contributed by atoms with Crippen LogP contribution in [0.15, 0.2) is 30.3 Å². The summed E-state index contributed by atoms with van der Waals surface area (Å²) in [5.74, 6) is 0. The Morgan fingerprint density at radius 2 is 1.44 bits per heavy atom. The highest BCUT2D eigenvalue weighted by Gasteiger charge is 1.72. The SMILES string of the molecule is Cc1ccccc1.SS. The van der Waals surface area contributed by atoms with Gasteiger partial charge in [-0.3, -0.25) is 0 Å². The molecule has 50 valence electrons. The van der Waals surface area contributed by atoms with Crippen LogP contribution in [0.4, 0.5) is 0 Å². The molecule has 1 aromatic rings. The van der Waals surface area contributed by atoms with Gasteiger partial charge in [-0.2, -0.15) is 0 Å². The fraction of sp³-hybridized carbons (Fsp3) is 0.143. The fourth-order valence-corrected chi connectivity index (χ4v) is 0.534. The Morgan fingerprint density at radius 3 is 1.67 bits per heavy atom. The van der Waals surface area contributed by atoms with E-state index in [1.54, 1.807) is 0 Å². The van der Waals surface area contributed by atoms with E-state index < -0.39 is 0 Å². The molecule has 0 radical (unpaired) electrons. The number of benzene rings is 1. The molecule has 9 heavy (non-hydrogen) atoms. The van der Waals surface area contributed by atoms with Crippen LogP contribution in [0.2, 0.25) is 0 Å². The third kappa shape index (κ3) is 4.43. The quantitative estimate of drug-likeness (QED) is 0.421. The second kappa shape index (κ2) is 6.05. The average molecular weight is 158 g/mol. The highest BCUT2D eigenvalue weighted by molar-refractivity contribution is 8.59. The first-order valence-corrected chi connectivity index (χ1v) is 4.21. The summed E-state index contributed by atoms with van der Waals surface area (Å²) >= 11 is 6.44. The molecule has 0 spiro atoms. The van der Waals surface area contributed by atoms with E-state index in [4.69, 9.17) is 0 Å². The lowest BCUT2D eigenvalue weighted by atomic mass is 10.2. The molecular weight excluding hydrogens is 148 g/mol. The smallest absolute Gasteiger partial charge is 0.0398 e. The maximum absolute atomic E-state index is 3.22. The van der Waals surface area contributed by atoms with Crippen molar-refractivity contribution in [2.24, 2.45) is 0 Å². The highest BCUT2D eigenvalue weighted by Crippen LogP contribution is 1.92. The number of thiol groups is 2. The van der Waals surface area contributed by atoms with E-state index in [1.165, 1.54) is 5.56 Å². The van der Waals surface area contributed by atoms with Gasteiger partial charge in [-0.05, 0) is 6.92 Å². The van der Waals surface area contributed by atoms with Crippen LogP contribution < -0.4 is 0 Å². The molecule has 0 nitrogen and oxygen atoms in total.